The van der Waals surface area contributed by atoms with E-state index in [-0.39, 0.29) is 13.2 Å². The molecule has 7 nitrogen and oxygen atoms in total. The number of methoxy groups -OCH3 is 1. The summed E-state index contributed by atoms with van der Waals surface area (Å²) >= 11 is 0. The highest BCUT2D eigenvalue weighted by atomic mass is 16.5. The first-order chi connectivity index (χ1) is 17.0. The van der Waals surface area contributed by atoms with Gasteiger partial charge in [0.25, 0.3) is 0 Å². The molecule has 0 bridgehead atoms. The molecule has 1 atom stereocenters. The van der Waals surface area contributed by atoms with Crippen molar-refractivity contribution in [3.63, 3.8) is 0 Å². The highest BCUT2D eigenvalue weighted by Gasteiger charge is 2.23. The lowest BCUT2D eigenvalue weighted by Crippen LogP contribution is -2.12. The second-order valence-corrected chi connectivity index (χ2v) is 8.27. The second kappa shape index (κ2) is 10.6. The number of rotatable bonds is 10. The molecule has 4 N–H and O–H groups in total. The van der Waals surface area contributed by atoms with Gasteiger partial charge in [-0.3, -0.25) is 4.79 Å². The standard InChI is InChI=1S/C28H29NO6/c1-3-21(28(31)32)22-9-8-20(33-2)13-26(22)34-16-24-23-12-19(7-10-25(23)35-27(24)15-30)18-6-4-5-17(11-18)14-29/h4-13,21,30H,3,14-16,29H2,1-2H3,(H,31,32). The van der Waals surface area contributed by atoms with Gasteiger partial charge >= 0.3 is 5.97 Å². The van der Waals surface area contributed by atoms with Crippen molar-refractivity contribution in [3.8, 4) is 22.6 Å². The zero-order valence-corrected chi connectivity index (χ0v) is 19.8. The van der Waals surface area contributed by atoms with Gasteiger partial charge in [-0.05, 0) is 47.4 Å². The molecule has 1 unspecified atom stereocenters. The van der Waals surface area contributed by atoms with Gasteiger partial charge in [0.05, 0.1) is 13.0 Å². The number of aliphatic hydroxyl groups is 1. The fourth-order valence-electron chi connectivity index (χ4n) is 4.27. The Labute approximate surface area is 203 Å². The predicted molar refractivity (Wildman–Crippen MR) is 133 cm³/mol. The van der Waals surface area contributed by atoms with E-state index in [4.69, 9.17) is 19.6 Å². The molecule has 0 amide bonds. The first-order valence-corrected chi connectivity index (χ1v) is 11.5. The molecular formula is C28H29NO6. The van der Waals surface area contributed by atoms with Crippen molar-refractivity contribution in [1.82, 2.24) is 0 Å². The molecule has 1 heterocycles. The molecule has 7 heteroatoms. The number of hydrogen-bond donors (Lipinski definition) is 3. The van der Waals surface area contributed by atoms with E-state index in [1.54, 1.807) is 25.3 Å². The summed E-state index contributed by atoms with van der Waals surface area (Å²) in [6, 6.07) is 19.0. The van der Waals surface area contributed by atoms with Crippen molar-refractivity contribution < 1.29 is 28.9 Å². The fraction of sp³-hybridized carbons (Fsp3) is 0.250. The van der Waals surface area contributed by atoms with Gasteiger partial charge in [0.1, 0.15) is 36.1 Å². The number of nitrogens with two attached hydrogens (primary N) is 1. The molecule has 0 radical (unpaired) electrons. The van der Waals surface area contributed by atoms with Crippen LogP contribution >= 0.6 is 0 Å². The van der Waals surface area contributed by atoms with Crippen molar-refractivity contribution in [1.29, 1.82) is 0 Å². The Hall–Kier alpha value is -3.81. The van der Waals surface area contributed by atoms with Crippen LogP contribution in [0.4, 0.5) is 0 Å². The number of benzene rings is 3. The van der Waals surface area contributed by atoms with E-state index >= 15 is 0 Å². The first-order valence-electron chi connectivity index (χ1n) is 11.5. The van der Waals surface area contributed by atoms with Gasteiger partial charge in [-0.2, -0.15) is 0 Å². The lowest BCUT2D eigenvalue weighted by Gasteiger charge is -2.17. The summed E-state index contributed by atoms with van der Waals surface area (Å²) < 4.78 is 17.4. The normalized spacial score (nSPS) is 12.0. The largest absolute Gasteiger partial charge is 0.497 e. The van der Waals surface area contributed by atoms with Crippen molar-refractivity contribution >= 4 is 16.9 Å². The number of carboxylic acid groups (broad SMARTS) is 1. The summed E-state index contributed by atoms with van der Waals surface area (Å²) in [5.41, 5.74) is 10.8. The van der Waals surface area contributed by atoms with Crippen molar-refractivity contribution in [2.45, 2.75) is 39.0 Å². The highest BCUT2D eigenvalue weighted by molar-refractivity contribution is 5.87. The molecule has 0 aliphatic heterocycles. The summed E-state index contributed by atoms with van der Waals surface area (Å²) in [4.78, 5) is 11.8. The minimum Gasteiger partial charge on any atom is -0.497 e. The Kier molecular flexibility index (Phi) is 7.39. The van der Waals surface area contributed by atoms with Crippen LogP contribution in [0.5, 0.6) is 11.5 Å². The summed E-state index contributed by atoms with van der Waals surface area (Å²) in [5.74, 6) is -0.246. The Bertz CT molecular complexity index is 1340. The van der Waals surface area contributed by atoms with E-state index in [9.17, 15) is 15.0 Å². The van der Waals surface area contributed by atoms with E-state index < -0.39 is 11.9 Å². The molecule has 0 saturated heterocycles. The lowest BCUT2D eigenvalue weighted by atomic mass is 9.95. The summed E-state index contributed by atoms with van der Waals surface area (Å²) in [6.07, 6.45) is 0.416. The average molecular weight is 476 g/mol. The maximum Gasteiger partial charge on any atom is 0.311 e. The van der Waals surface area contributed by atoms with Crippen LogP contribution < -0.4 is 15.2 Å². The quantitative estimate of drug-likeness (QED) is 0.288. The average Bonchev–Trinajstić information content (AvgIpc) is 3.25. The molecule has 0 saturated carbocycles. The maximum atomic E-state index is 11.8. The van der Waals surface area contributed by atoms with Crippen molar-refractivity contribution in [3.05, 3.63) is 83.1 Å². The third-order valence-electron chi connectivity index (χ3n) is 6.19. The van der Waals surface area contributed by atoms with Gasteiger partial charge in [-0.1, -0.05) is 37.3 Å². The Morgan fingerprint density at radius 3 is 2.57 bits per heavy atom. The Morgan fingerprint density at radius 1 is 1.09 bits per heavy atom. The molecular weight excluding hydrogens is 446 g/mol. The van der Waals surface area contributed by atoms with Crippen LogP contribution in [0.25, 0.3) is 22.1 Å². The molecule has 182 valence electrons. The Morgan fingerprint density at radius 2 is 1.89 bits per heavy atom. The van der Waals surface area contributed by atoms with E-state index in [0.717, 1.165) is 22.1 Å². The van der Waals surface area contributed by atoms with E-state index in [1.165, 1.54) is 0 Å². The third kappa shape index (κ3) is 5.01. The molecule has 0 aliphatic carbocycles. The number of carbonyl (C=O) groups is 1. The minimum absolute atomic E-state index is 0.0887. The molecule has 1 aromatic heterocycles. The molecule has 35 heavy (non-hydrogen) atoms. The molecule has 0 fully saturated rings. The van der Waals surface area contributed by atoms with Gasteiger partial charge < -0.3 is 29.8 Å². The SMILES string of the molecule is CCC(C(=O)O)c1ccc(OC)cc1OCc1c(CO)oc2ccc(-c3cccc(CN)c3)cc12. The van der Waals surface area contributed by atoms with Crippen molar-refractivity contribution in [2.24, 2.45) is 5.73 Å². The number of carboxylic acids is 1. The number of furan rings is 1. The first kappa shape index (κ1) is 24.3. The second-order valence-electron chi connectivity index (χ2n) is 8.27. The van der Waals surface area contributed by atoms with Gasteiger partial charge in [0, 0.05) is 29.1 Å². The number of hydrogen-bond acceptors (Lipinski definition) is 6. The van der Waals surface area contributed by atoms with Crippen LogP contribution in [-0.4, -0.2) is 23.3 Å². The topological polar surface area (TPSA) is 115 Å². The van der Waals surface area contributed by atoms with Crippen LogP contribution in [0.1, 0.15) is 41.7 Å². The van der Waals surface area contributed by atoms with E-state index in [1.807, 2.05) is 49.4 Å². The maximum absolute atomic E-state index is 11.8. The van der Waals surface area contributed by atoms with E-state index in [0.29, 0.717) is 46.9 Å². The molecule has 0 spiro atoms. The number of ether oxygens (including phenoxy) is 2. The van der Waals surface area contributed by atoms with Gasteiger partial charge in [-0.15, -0.1) is 0 Å². The minimum atomic E-state index is -0.920. The van der Waals surface area contributed by atoms with Crippen LogP contribution in [0.15, 0.2) is 65.1 Å². The summed E-state index contributed by atoms with van der Waals surface area (Å²) in [5, 5.41) is 20.5. The summed E-state index contributed by atoms with van der Waals surface area (Å²) in [6.45, 7) is 2.07. The van der Waals surface area contributed by atoms with Crippen molar-refractivity contribution in [2.75, 3.05) is 7.11 Å². The van der Waals surface area contributed by atoms with Gasteiger partial charge in [0.15, 0.2) is 0 Å². The number of aliphatic carboxylic acids is 1. The zero-order valence-electron chi connectivity index (χ0n) is 19.8. The molecule has 3 aromatic carbocycles. The monoisotopic (exact) mass is 475 g/mol. The number of aliphatic hydroxyl groups excluding tert-OH is 1. The van der Waals surface area contributed by atoms with Crippen LogP contribution in [0.2, 0.25) is 0 Å². The van der Waals surface area contributed by atoms with Gasteiger partial charge in [-0.25, -0.2) is 0 Å². The van der Waals surface area contributed by atoms with Gasteiger partial charge in [0.2, 0.25) is 0 Å². The highest BCUT2D eigenvalue weighted by Crippen LogP contribution is 2.36. The zero-order chi connectivity index (χ0) is 24.9. The third-order valence-corrected chi connectivity index (χ3v) is 6.19. The van der Waals surface area contributed by atoms with Crippen LogP contribution in [0.3, 0.4) is 0 Å². The fourth-order valence-corrected chi connectivity index (χ4v) is 4.27. The molecule has 0 aliphatic rings. The van der Waals surface area contributed by atoms with Crippen LogP contribution in [-0.2, 0) is 24.6 Å². The Balaban J connectivity index is 1.73. The molecule has 4 rings (SSSR count). The molecule has 4 aromatic rings. The van der Waals surface area contributed by atoms with E-state index in [2.05, 4.69) is 0 Å². The predicted octanol–water partition coefficient (Wildman–Crippen LogP) is 5.22. The smallest absolute Gasteiger partial charge is 0.311 e. The summed E-state index contributed by atoms with van der Waals surface area (Å²) in [7, 11) is 1.54. The lowest BCUT2D eigenvalue weighted by molar-refractivity contribution is -0.138. The van der Waals surface area contributed by atoms with Crippen LogP contribution in [0, 0.1) is 0 Å². The number of fused-ring (bicyclic) bond motifs is 1.